The molecule has 1 unspecified atom stereocenters. The van der Waals surface area contributed by atoms with E-state index in [0.29, 0.717) is 6.04 Å². The summed E-state index contributed by atoms with van der Waals surface area (Å²) in [6.45, 7) is 2.23. The highest BCUT2D eigenvalue weighted by Gasteiger charge is 2.29. The van der Waals surface area contributed by atoms with Gasteiger partial charge in [0.05, 0.1) is 0 Å². The third-order valence-electron chi connectivity index (χ3n) is 3.49. The van der Waals surface area contributed by atoms with Gasteiger partial charge in [0, 0.05) is 38.1 Å². The lowest BCUT2D eigenvalue weighted by Crippen LogP contribution is -2.35. The van der Waals surface area contributed by atoms with Crippen LogP contribution in [0.5, 0.6) is 0 Å². The van der Waals surface area contributed by atoms with Crippen molar-refractivity contribution in [2.24, 2.45) is 0 Å². The number of hydrogen-bond acceptors (Lipinski definition) is 3. The van der Waals surface area contributed by atoms with E-state index in [0.717, 1.165) is 25.1 Å². The van der Waals surface area contributed by atoms with Gasteiger partial charge in [-0.3, -0.25) is 0 Å². The Hall–Kier alpha value is -1.03. The minimum Gasteiger partial charge on any atom is -0.341 e. The van der Waals surface area contributed by atoms with Crippen LogP contribution >= 0.6 is 0 Å². The molecule has 82 valence electrons. The van der Waals surface area contributed by atoms with E-state index in [9.17, 15) is 0 Å². The summed E-state index contributed by atoms with van der Waals surface area (Å²) in [6, 6.07) is 1.34. The van der Waals surface area contributed by atoms with Crippen LogP contribution in [0.15, 0.2) is 12.4 Å². The summed E-state index contributed by atoms with van der Waals surface area (Å²) >= 11 is 0. The van der Waals surface area contributed by atoms with E-state index in [2.05, 4.69) is 33.0 Å². The quantitative estimate of drug-likeness (QED) is 0.801. The smallest absolute Gasteiger partial charge is 0.205 e. The molecule has 2 aliphatic rings. The second-order valence-electron chi connectivity index (χ2n) is 4.62. The van der Waals surface area contributed by atoms with Crippen LogP contribution < -0.4 is 10.2 Å². The van der Waals surface area contributed by atoms with Crippen molar-refractivity contribution in [3.05, 3.63) is 12.4 Å². The van der Waals surface area contributed by atoms with Crippen molar-refractivity contribution >= 4 is 5.95 Å². The Morgan fingerprint density at radius 3 is 3.00 bits per heavy atom. The first-order valence-corrected chi connectivity index (χ1v) is 5.82. The lowest BCUT2D eigenvalue weighted by atomic mass is 10.2. The molecule has 3 rings (SSSR count). The van der Waals surface area contributed by atoms with E-state index in [-0.39, 0.29) is 0 Å². The number of nitrogens with one attached hydrogen (secondary N) is 1. The van der Waals surface area contributed by atoms with Gasteiger partial charge in [0.2, 0.25) is 5.95 Å². The van der Waals surface area contributed by atoms with E-state index in [4.69, 9.17) is 0 Å². The molecule has 1 saturated carbocycles. The van der Waals surface area contributed by atoms with E-state index in [1.807, 2.05) is 6.20 Å². The summed E-state index contributed by atoms with van der Waals surface area (Å²) in [5.74, 6) is 1.14. The standard InChI is InChI=1S/C11H18N4/c1-14(10-4-5-12-8-10)11-13-6-7-15(11)9-2-3-9/h6-7,9-10,12H,2-5,8H2,1H3. The zero-order valence-electron chi connectivity index (χ0n) is 9.19. The van der Waals surface area contributed by atoms with Crippen molar-refractivity contribution in [3.63, 3.8) is 0 Å². The van der Waals surface area contributed by atoms with Crippen LogP contribution in [0.3, 0.4) is 0 Å². The largest absolute Gasteiger partial charge is 0.341 e. The zero-order chi connectivity index (χ0) is 10.3. The van der Waals surface area contributed by atoms with Gasteiger partial charge in [-0.25, -0.2) is 4.98 Å². The van der Waals surface area contributed by atoms with E-state index < -0.39 is 0 Å². The van der Waals surface area contributed by atoms with Crippen molar-refractivity contribution in [2.45, 2.75) is 31.3 Å². The van der Waals surface area contributed by atoms with Gasteiger partial charge >= 0.3 is 0 Å². The summed E-state index contributed by atoms with van der Waals surface area (Å²) in [5.41, 5.74) is 0. The van der Waals surface area contributed by atoms with Crippen LogP contribution in [0.25, 0.3) is 0 Å². The molecule has 4 heteroatoms. The first kappa shape index (κ1) is 9.21. The first-order chi connectivity index (χ1) is 7.36. The van der Waals surface area contributed by atoms with Crippen LogP contribution in [0.1, 0.15) is 25.3 Å². The summed E-state index contributed by atoms with van der Waals surface area (Å²) in [7, 11) is 2.17. The lowest BCUT2D eigenvalue weighted by Gasteiger charge is -2.25. The number of aromatic nitrogens is 2. The average molecular weight is 206 g/mol. The van der Waals surface area contributed by atoms with E-state index >= 15 is 0 Å². The van der Waals surface area contributed by atoms with Gasteiger partial charge < -0.3 is 14.8 Å². The maximum absolute atomic E-state index is 4.48. The monoisotopic (exact) mass is 206 g/mol. The molecule has 2 fully saturated rings. The second kappa shape index (κ2) is 3.52. The maximum atomic E-state index is 4.48. The molecule has 4 nitrogen and oxygen atoms in total. The molecule has 1 N–H and O–H groups in total. The van der Waals surface area contributed by atoms with Crippen LogP contribution in [0.4, 0.5) is 5.95 Å². The van der Waals surface area contributed by atoms with Gasteiger partial charge in [0.25, 0.3) is 0 Å². The number of rotatable bonds is 3. The van der Waals surface area contributed by atoms with Crippen molar-refractivity contribution in [3.8, 4) is 0 Å². The van der Waals surface area contributed by atoms with Crippen molar-refractivity contribution < 1.29 is 0 Å². The Kier molecular flexibility index (Phi) is 2.16. The molecule has 0 bridgehead atoms. The molecule has 1 aliphatic heterocycles. The molecular formula is C11H18N4. The highest BCUT2D eigenvalue weighted by atomic mass is 15.3. The number of hydrogen-bond donors (Lipinski definition) is 1. The molecule has 1 atom stereocenters. The van der Waals surface area contributed by atoms with Crippen molar-refractivity contribution in [1.29, 1.82) is 0 Å². The molecule has 1 aliphatic carbocycles. The van der Waals surface area contributed by atoms with Gasteiger partial charge in [-0.05, 0) is 25.8 Å². The molecule has 1 saturated heterocycles. The SMILES string of the molecule is CN(c1nccn1C1CC1)C1CCNC1. The third kappa shape index (κ3) is 1.63. The van der Waals surface area contributed by atoms with Gasteiger partial charge in [-0.1, -0.05) is 0 Å². The van der Waals surface area contributed by atoms with Crippen LogP contribution in [0, 0.1) is 0 Å². The van der Waals surface area contributed by atoms with E-state index in [1.54, 1.807) is 0 Å². The minimum absolute atomic E-state index is 0.616. The average Bonchev–Trinajstić information content (AvgIpc) is 2.82. The molecule has 0 aromatic carbocycles. The number of nitrogens with zero attached hydrogens (tertiary/aromatic N) is 3. The second-order valence-corrected chi connectivity index (χ2v) is 4.62. The Balaban J connectivity index is 1.81. The van der Waals surface area contributed by atoms with Gasteiger partial charge in [0.15, 0.2) is 0 Å². The Bertz CT molecular complexity index is 336. The highest BCUT2D eigenvalue weighted by molar-refractivity contribution is 5.33. The third-order valence-corrected chi connectivity index (χ3v) is 3.49. The zero-order valence-corrected chi connectivity index (χ0v) is 9.19. The van der Waals surface area contributed by atoms with Crippen LogP contribution in [-0.2, 0) is 0 Å². The fraction of sp³-hybridized carbons (Fsp3) is 0.727. The Morgan fingerprint density at radius 2 is 2.33 bits per heavy atom. The fourth-order valence-electron chi connectivity index (χ4n) is 2.35. The summed E-state index contributed by atoms with van der Waals surface area (Å²) in [5, 5.41) is 3.40. The summed E-state index contributed by atoms with van der Waals surface area (Å²) in [4.78, 5) is 6.81. The topological polar surface area (TPSA) is 33.1 Å². The predicted molar refractivity (Wildman–Crippen MR) is 60.2 cm³/mol. The number of imidazole rings is 1. The Labute approximate surface area is 90.3 Å². The molecular weight excluding hydrogens is 188 g/mol. The van der Waals surface area contributed by atoms with Gasteiger partial charge in [-0.15, -0.1) is 0 Å². The molecule has 0 amide bonds. The maximum Gasteiger partial charge on any atom is 0.205 e. The van der Waals surface area contributed by atoms with Crippen LogP contribution in [-0.4, -0.2) is 35.7 Å². The molecule has 15 heavy (non-hydrogen) atoms. The first-order valence-electron chi connectivity index (χ1n) is 5.82. The van der Waals surface area contributed by atoms with Crippen molar-refractivity contribution in [1.82, 2.24) is 14.9 Å². The molecule has 1 aromatic rings. The minimum atomic E-state index is 0.616. The molecule has 0 spiro atoms. The van der Waals surface area contributed by atoms with E-state index in [1.165, 1.54) is 19.3 Å². The predicted octanol–water partition coefficient (Wildman–Crippen LogP) is 1.02. The molecule has 0 radical (unpaired) electrons. The number of anilines is 1. The fourth-order valence-corrected chi connectivity index (χ4v) is 2.35. The highest BCUT2D eigenvalue weighted by Crippen LogP contribution is 2.37. The molecule has 2 heterocycles. The Morgan fingerprint density at radius 1 is 1.47 bits per heavy atom. The normalized spacial score (nSPS) is 25.8. The summed E-state index contributed by atoms with van der Waals surface area (Å²) < 4.78 is 2.33. The van der Waals surface area contributed by atoms with Gasteiger partial charge in [-0.2, -0.15) is 0 Å². The summed E-state index contributed by atoms with van der Waals surface area (Å²) in [6.07, 6.45) is 7.91. The molecule has 1 aromatic heterocycles. The lowest BCUT2D eigenvalue weighted by molar-refractivity contribution is 0.632. The van der Waals surface area contributed by atoms with Crippen molar-refractivity contribution in [2.75, 3.05) is 25.0 Å². The van der Waals surface area contributed by atoms with Gasteiger partial charge in [0.1, 0.15) is 0 Å². The van der Waals surface area contributed by atoms with Crippen LogP contribution in [0.2, 0.25) is 0 Å². The number of likely N-dealkylation sites (N-methyl/N-ethyl adjacent to an activating group) is 1.